The molecule has 0 aromatic heterocycles. The molecule has 2 aromatic carbocycles. The van der Waals surface area contributed by atoms with Gasteiger partial charge in [-0.25, -0.2) is 0 Å². The minimum atomic E-state index is -0.335. The maximum Gasteiger partial charge on any atom is 0.259 e. The number of hydrogen-bond donors (Lipinski definition) is 1. The summed E-state index contributed by atoms with van der Waals surface area (Å²) in [5.74, 6) is 0.121. The van der Waals surface area contributed by atoms with Crippen LogP contribution in [0.15, 0.2) is 45.3 Å². The highest BCUT2D eigenvalue weighted by atomic mass is 79.9. The van der Waals surface area contributed by atoms with Crippen molar-refractivity contribution in [1.29, 1.82) is 5.26 Å². The van der Waals surface area contributed by atoms with E-state index in [9.17, 15) is 4.79 Å². The molecule has 0 spiro atoms. The van der Waals surface area contributed by atoms with Gasteiger partial charge in [0, 0.05) is 8.95 Å². The summed E-state index contributed by atoms with van der Waals surface area (Å²) in [6, 6.07) is 12.2. The smallest absolute Gasteiger partial charge is 0.259 e. The van der Waals surface area contributed by atoms with Crippen molar-refractivity contribution in [2.45, 2.75) is 0 Å². The summed E-state index contributed by atoms with van der Waals surface area (Å²) in [6.45, 7) is 0. The number of rotatable bonds is 3. The number of nitrogens with one attached hydrogen (secondary N) is 1. The van der Waals surface area contributed by atoms with E-state index < -0.39 is 0 Å². The third kappa shape index (κ3) is 3.63. The van der Waals surface area contributed by atoms with Gasteiger partial charge in [0.05, 0.1) is 23.9 Å². The van der Waals surface area contributed by atoms with Gasteiger partial charge >= 0.3 is 0 Å². The molecule has 106 valence electrons. The molecule has 21 heavy (non-hydrogen) atoms. The molecule has 0 fully saturated rings. The Labute approximate surface area is 139 Å². The van der Waals surface area contributed by atoms with Crippen LogP contribution in [0.5, 0.6) is 5.75 Å². The fourth-order valence-electron chi connectivity index (χ4n) is 1.76. The monoisotopic (exact) mass is 408 g/mol. The Morgan fingerprint density at radius 2 is 1.86 bits per heavy atom. The van der Waals surface area contributed by atoms with Gasteiger partial charge in [-0.05, 0) is 36.4 Å². The fraction of sp³-hybridized carbons (Fsp3) is 0.0667. The van der Waals surface area contributed by atoms with Gasteiger partial charge in [0.2, 0.25) is 0 Å². The molecule has 4 nitrogen and oxygen atoms in total. The average Bonchev–Trinajstić information content (AvgIpc) is 2.48. The molecule has 0 heterocycles. The molecule has 1 N–H and O–H groups in total. The summed E-state index contributed by atoms with van der Waals surface area (Å²) in [5.41, 5.74) is 1.23. The highest BCUT2D eigenvalue weighted by molar-refractivity contribution is 9.10. The molecule has 0 saturated heterocycles. The fourth-order valence-corrected chi connectivity index (χ4v) is 2.46. The summed E-state index contributed by atoms with van der Waals surface area (Å²) >= 11 is 6.61. The molecule has 2 rings (SSSR count). The molecule has 0 aliphatic carbocycles. The third-order valence-corrected chi connectivity index (χ3v) is 3.74. The summed E-state index contributed by atoms with van der Waals surface area (Å²) in [4.78, 5) is 12.3. The van der Waals surface area contributed by atoms with E-state index in [-0.39, 0.29) is 5.91 Å². The molecule has 2 aromatic rings. The first-order valence-corrected chi connectivity index (χ1v) is 7.48. The molecule has 1 amide bonds. The number of anilines is 1. The van der Waals surface area contributed by atoms with Gasteiger partial charge in [-0.15, -0.1) is 0 Å². The number of halogens is 2. The van der Waals surface area contributed by atoms with E-state index in [1.165, 1.54) is 7.11 Å². The zero-order valence-corrected chi connectivity index (χ0v) is 14.2. The Balaban J connectivity index is 2.33. The van der Waals surface area contributed by atoms with Crippen LogP contribution in [0.4, 0.5) is 5.69 Å². The van der Waals surface area contributed by atoms with Crippen molar-refractivity contribution < 1.29 is 9.53 Å². The minimum absolute atomic E-state index is 0.335. The standard InChI is InChI=1S/C15H10Br2N2O2/c1-21-14-7-11(17)2-4-12(14)15(20)19-13-5-3-10(16)6-9(13)8-18/h2-7H,1H3,(H,19,20). The van der Waals surface area contributed by atoms with Crippen LogP contribution in [-0.4, -0.2) is 13.0 Å². The molecule has 0 aliphatic heterocycles. The van der Waals surface area contributed by atoms with Crippen LogP contribution in [-0.2, 0) is 0 Å². The molecular weight excluding hydrogens is 400 g/mol. The number of methoxy groups -OCH3 is 1. The number of carbonyl (C=O) groups excluding carboxylic acids is 1. The Hall–Kier alpha value is -1.84. The molecule has 0 radical (unpaired) electrons. The summed E-state index contributed by atoms with van der Waals surface area (Å²) < 4.78 is 6.79. The predicted molar refractivity (Wildman–Crippen MR) is 87.5 cm³/mol. The van der Waals surface area contributed by atoms with E-state index in [1.54, 1.807) is 36.4 Å². The highest BCUT2D eigenvalue weighted by Crippen LogP contribution is 2.26. The minimum Gasteiger partial charge on any atom is -0.496 e. The zero-order chi connectivity index (χ0) is 15.4. The first-order valence-electron chi connectivity index (χ1n) is 5.89. The van der Waals surface area contributed by atoms with Crippen LogP contribution < -0.4 is 10.1 Å². The molecule has 6 heteroatoms. The maximum atomic E-state index is 12.3. The topological polar surface area (TPSA) is 62.1 Å². The second-order valence-corrected chi connectivity index (χ2v) is 5.93. The van der Waals surface area contributed by atoms with Crippen LogP contribution in [0.2, 0.25) is 0 Å². The highest BCUT2D eigenvalue weighted by Gasteiger charge is 2.14. The zero-order valence-electron chi connectivity index (χ0n) is 11.0. The second-order valence-electron chi connectivity index (χ2n) is 4.10. The number of benzene rings is 2. The second kappa shape index (κ2) is 6.74. The number of amides is 1. The van der Waals surface area contributed by atoms with Gasteiger partial charge in [0.15, 0.2) is 0 Å². The van der Waals surface area contributed by atoms with Gasteiger partial charge in [-0.3, -0.25) is 4.79 Å². The lowest BCUT2D eigenvalue weighted by Crippen LogP contribution is -2.14. The van der Waals surface area contributed by atoms with Crippen LogP contribution in [0.1, 0.15) is 15.9 Å². The number of carbonyl (C=O) groups is 1. The number of hydrogen-bond acceptors (Lipinski definition) is 3. The lowest BCUT2D eigenvalue weighted by molar-refractivity contribution is 0.102. The summed E-state index contributed by atoms with van der Waals surface area (Å²) in [6.07, 6.45) is 0. The Morgan fingerprint density at radius 3 is 2.52 bits per heavy atom. The van der Waals surface area contributed by atoms with E-state index in [2.05, 4.69) is 37.2 Å². The molecule has 0 atom stereocenters. The molecule has 0 bridgehead atoms. The van der Waals surface area contributed by atoms with Crippen molar-refractivity contribution in [3.63, 3.8) is 0 Å². The van der Waals surface area contributed by atoms with Crippen molar-refractivity contribution in [3.05, 3.63) is 56.5 Å². The van der Waals surface area contributed by atoms with Crippen molar-refractivity contribution >= 4 is 43.5 Å². The molecule has 0 unspecified atom stereocenters. The average molecular weight is 410 g/mol. The van der Waals surface area contributed by atoms with Gasteiger partial charge in [0.1, 0.15) is 11.8 Å². The number of nitrogens with zero attached hydrogens (tertiary/aromatic N) is 1. The van der Waals surface area contributed by atoms with Gasteiger partial charge in [0.25, 0.3) is 5.91 Å². The molecule has 0 aliphatic rings. The van der Waals surface area contributed by atoms with Crippen LogP contribution in [0, 0.1) is 11.3 Å². The van der Waals surface area contributed by atoms with Crippen molar-refractivity contribution in [1.82, 2.24) is 0 Å². The van der Waals surface area contributed by atoms with Crippen molar-refractivity contribution in [2.24, 2.45) is 0 Å². The van der Waals surface area contributed by atoms with Gasteiger partial charge in [-0.1, -0.05) is 31.9 Å². The van der Waals surface area contributed by atoms with E-state index in [4.69, 9.17) is 10.00 Å². The Morgan fingerprint density at radius 1 is 1.19 bits per heavy atom. The van der Waals surface area contributed by atoms with E-state index in [1.807, 2.05) is 6.07 Å². The lowest BCUT2D eigenvalue weighted by Gasteiger charge is -2.11. The molecule has 0 saturated carbocycles. The van der Waals surface area contributed by atoms with Crippen LogP contribution >= 0.6 is 31.9 Å². The first kappa shape index (κ1) is 15.5. The quantitative estimate of drug-likeness (QED) is 0.819. The Bertz CT molecular complexity index is 739. The lowest BCUT2D eigenvalue weighted by atomic mass is 10.1. The van der Waals surface area contributed by atoms with Crippen LogP contribution in [0.25, 0.3) is 0 Å². The van der Waals surface area contributed by atoms with E-state index >= 15 is 0 Å². The predicted octanol–water partition coefficient (Wildman–Crippen LogP) is 4.34. The van der Waals surface area contributed by atoms with Crippen molar-refractivity contribution in [2.75, 3.05) is 12.4 Å². The van der Waals surface area contributed by atoms with Crippen molar-refractivity contribution in [3.8, 4) is 11.8 Å². The third-order valence-electron chi connectivity index (χ3n) is 2.76. The SMILES string of the molecule is COc1cc(Br)ccc1C(=O)Nc1ccc(Br)cc1C#N. The van der Waals surface area contributed by atoms with E-state index in [0.717, 1.165) is 8.95 Å². The summed E-state index contributed by atoms with van der Waals surface area (Å²) in [7, 11) is 1.50. The summed E-state index contributed by atoms with van der Waals surface area (Å²) in [5, 5.41) is 11.8. The maximum absolute atomic E-state index is 12.3. The largest absolute Gasteiger partial charge is 0.496 e. The Kier molecular flexibility index (Phi) is 4.99. The van der Waals surface area contributed by atoms with Gasteiger partial charge < -0.3 is 10.1 Å². The number of nitriles is 1. The number of ether oxygens (including phenoxy) is 1. The van der Waals surface area contributed by atoms with E-state index in [0.29, 0.717) is 22.6 Å². The van der Waals surface area contributed by atoms with Crippen LogP contribution in [0.3, 0.4) is 0 Å². The molecular formula is C15H10Br2N2O2. The first-order chi connectivity index (χ1) is 10.0. The van der Waals surface area contributed by atoms with Gasteiger partial charge in [-0.2, -0.15) is 5.26 Å². The normalized spacial score (nSPS) is 9.81.